The fraction of sp³-hybridized carbons (Fsp3) is 0. The molecule has 0 aliphatic rings. The molecule has 0 saturated carbocycles. The zero-order valence-electron chi connectivity index (χ0n) is 7.92. The van der Waals surface area contributed by atoms with Crippen molar-refractivity contribution >= 4 is 11.5 Å². The standard InChI is InChI=1S/C11H9N3O/c12-9-5-3-8(4-6-9)11(15)10-2-1-7-13-14-10/h1-7H,12H2. The molecule has 0 bridgehead atoms. The molecule has 0 saturated heterocycles. The summed E-state index contributed by atoms with van der Waals surface area (Å²) < 4.78 is 0. The topological polar surface area (TPSA) is 68.9 Å². The lowest BCUT2D eigenvalue weighted by Crippen LogP contribution is -2.04. The lowest BCUT2D eigenvalue weighted by atomic mass is 10.1. The second-order valence-corrected chi connectivity index (χ2v) is 3.06. The van der Waals surface area contributed by atoms with Crippen molar-refractivity contribution in [1.29, 1.82) is 0 Å². The molecule has 1 heterocycles. The van der Waals surface area contributed by atoms with E-state index in [2.05, 4.69) is 10.2 Å². The van der Waals surface area contributed by atoms with E-state index in [0.29, 0.717) is 16.9 Å². The van der Waals surface area contributed by atoms with Crippen LogP contribution >= 0.6 is 0 Å². The highest BCUT2D eigenvalue weighted by Crippen LogP contribution is 2.09. The number of rotatable bonds is 2. The molecule has 15 heavy (non-hydrogen) atoms. The summed E-state index contributed by atoms with van der Waals surface area (Å²) in [4.78, 5) is 11.8. The van der Waals surface area contributed by atoms with Crippen LogP contribution in [0.15, 0.2) is 42.6 Å². The van der Waals surface area contributed by atoms with E-state index in [-0.39, 0.29) is 5.78 Å². The minimum Gasteiger partial charge on any atom is -0.399 e. The van der Waals surface area contributed by atoms with Gasteiger partial charge in [0.15, 0.2) is 0 Å². The van der Waals surface area contributed by atoms with Gasteiger partial charge in [0.05, 0.1) is 0 Å². The number of nitrogen functional groups attached to an aromatic ring is 1. The Morgan fingerprint density at radius 3 is 2.47 bits per heavy atom. The summed E-state index contributed by atoms with van der Waals surface area (Å²) in [5.74, 6) is -0.150. The molecule has 2 aromatic rings. The van der Waals surface area contributed by atoms with Crippen LogP contribution in [0.1, 0.15) is 16.1 Å². The van der Waals surface area contributed by atoms with E-state index >= 15 is 0 Å². The molecule has 0 aliphatic heterocycles. The Morgan fingerprint density at radius 2 is 1.87 bits per heavy atom. The van der Waals surface area contributed by atoms with E-state index in [0.717, 1.165) is 0 Å². The Bertz CT molecular complexity index is 465. The van der Waals surface area contributed by atoms with Crippen molar-refractivity contribution in [3.63, 3.8) is 0 Å². The van der Waals surface area contributed by atoms with Gasteiger partial charge in [-0.05, 0) is 36.4 Å². The van der Waals surface area contributed by atoms with Gasteiger partial charge in [-0.25, -0.2) is 0 Å². The fourth-order valence-electron chi connectivity index (χ4n) is 1.21. The number of anilines is 1. The van der Waals surface area contributed by atoms with Crippen LogP contribution in [0.5, 0.6) is 0 Å². The van der Waals surface area contributed by atoms with Crippen molar-refractivity contribution in [1.82, 2.24) is 10.2 Å². The maximum Gasteiger partial charge on any atom is 0.213 e. The summed E-state index contributed by atoms with van der Waals surface area (Å²) >= 11 is 0. The van der Waals surface area contributed by atoms with E-state index in [1.165, 1.54) is 6.20 Å². The van der Waals surface area contributed by atoms with Gasteiger partial charge in [0, 0.05) is 17.4 Å². The molecule has 0 aliphatic carbocycles. The molecule has 4 heteroatoms. The van der Waals surface area contributed by atoms with Crippen LogP contribution in [0.3, 0.4) is 0 Å². The summed E-state index contributed by atoms with van der Waals surface area (Å²) in [6.45, 7) is 0. The molecule has 0 radical (unpaired) electrons. The Labute approximate surface area is 86.8 Å². The van der Waals surface area contributed by atoms with Gasteiger partial charge in [0.1, 0.15) is 5.69 Å². The molecule has 74 valence electrons. The summed E-state index contributed by atoms with van der Waals surface area (Å²) in [5, 5.41) is 7.40. The third kappa shape index (κ3) is 1.99. The number of carbonyl (C=O) groups excluding carboxylic acids is 1. The lowest BCUT2D eigenvalue weighted by molar-refractivity contribution is 0.103. The Kier molecular flexibility index (Phi) is 2.41. The van der Waals surface area contributed by atoms with Crippen LogP contribution < -0.4 is 5.73 Å². The Hall–Kier alpha value is -2.23. The summed E-state index contributed by atoms with van der Waals surface area (Å²) in [6, 6.07) is 10.0. The molecule has 1 aromatic heterocycles. The zero-order chi connectivity index (χ0) is 10.7. The van der Waals surface area contributed by atoms with Gasteiger partial charge < -0.3 is 5.73 Å². The van der Waals surface area contributed by atoms with E-state index in [4.69, 9.17) is 5.73 Å². The van der Waals surface area contributed by atoms with E-state index in [9.17, 15) is 4.79 Å². The molecule has 0 fully saturated rings. The summed E-state index contributed by atoms with van der Waals surface area (Å²) in [5.41, 5.74) is 7.05. The number of hydrogen-bond acceptors (Lipinski definition) is 4. The predicted octanol–water partition coefficient (Wildman–Crippen LogP) is 1.29. The van der Waals surface area contributed by atoms with Crippen LogP contribution in [-0.4, -0.2) is 16.0 Å². The second-order valence-electron chi connectivity index (χ2n) is 3.06. The van der Waals surface area contributed by atoms with Crippen LogP contribution in [0.2, 0.25) is 0 Å². The lowest BCUT2D eigenvalue weighted by Gasteiger charge is -1.99. The van der Waals surface area contributed by atoms with Crippen molar-refractivity contribution in [3.8, 4) is 0 Å². The highest BCUT2D eigenvalue weighted by atomic mass is 16.1. The number of carbonyl (C=O) groups is 1. The smallest absolute Gasteiger partial charge is 0.213 e. The maximum atomic E-state index is 11.8. The molecule has 2 N–H and O–H groups in total. The van der Waals surface area contributed by atoms with Crippen molar-refractivity contribution in [2.24, 2.45) is 0 Å². The van der Waals surface area contributed by atoms with Crippen LogP contribution in [0, 0.1) is 0 Å². The van der Waals surface area contributed by atoms with Crippen molar-refractivity contribution in [2.45, 2.75) is 0 Å². The third-order valence-corrected chi connectivity index (χ3v) is 1.98. The average Bonchev–Trinajstić information content (AvgIpc) is 2.30. The highest BCUT2D eigenvalue weighted by molar-refractivity contribution is 6.07. The molecular formula is C11H9N3O. The molecule has 1 aromatic carbocycles. The molecule has 4 nitrogen and oxygen atoms in total. The number of hydrogen-bond donors (Lipinski definition) is 1. The van der Waals surface area contributed by atoms with Gasteiger partial charge in [-0.2, -0.15) is 5.10 Å². The average molecular weight is 199 g/mol. The number of ketones is 1. The SMILES string of the molecule is Nc1ccc(C(=O)c2cccnn2)cc1. The fourth-order valence-corrected chi connectivity index (χ4v) is 1.21. The molecule has 0 spiro atoms. The second kappa shape index (κ2) is 3.88. The molecule has 0 unspecified atom stereocenters. The van der Waals surface area contributed by atoms with Crippen LogP contribution in [-0.2, 0) is 0 Å². The van der Waals surface area contributed by atoms with Gasteiger partial charge >= 0.3 is 0 Å². The highest BCUT2D eigenvalue weighted by Gasteiger charge is 2.09. The van der Waals surface area contributed by atoms with E-state index in [1.807, 2.05) is 0 Å². The summed E-state index contributed by atoms with van der Waals surface area (Å²) in [7, 11) is 0. The van der Waals surface area contributed by atoms with Gasteiger partial charge in [-0.1, -0.05) is 0 Å². The van der Waals surface area contributed by atoms with Crippen LogP contribution in [0.25, 0.3) is 0 Å². The Morgan fingerprint density at radius 1 is 1.13 bits per heavy atom. The predicted molar refractivity (Wildman–Crippen MR) is 56.3 cm³/mol. The first-order valence-corrected chi connectivity index (χ1v) is 4.45. The van der Waals surface area contributed by atoms with Crippen LogP contribution in [0.4, 0.5) is 5.69 Å². The minimum absolute atomic E-state index is 0.150. The summed E-state index contributed by atoms with van der Waals surface area (Å²) in [6.07, 6.45) is 1.53. The van der Waals surface area contributed by atoms with Gasteiger partial charge in [0.2, 0.25) is 5.78 Å². The van der Waals surface area contributed by atoms with Gasteiger partial charge in [-0.15, -0.1) is 5.10 Å². The third-order valence-electron chi connectivity index (χ3n) is 1.98. The monoisotopic (exact) mass is 199 g/mol. The normalized spacial score (nSPS) is 9.87. The molecule has 0 amide bonds. The number of benzene rings is 1. The number of aromatic nitrogens is 2. The maximum absolute atomic E-state index is 11.8. The quantitative estimate of drug-likeness (QED) is 0.584. The first kappa shape index (κ1) is 9.33. The number of nitrogens with zero attached hydrogens (tertiary/aromatic N) is 2. The largest absolute Gasteiger partial charge is 0.399 e. The van der Waals surface area contributed by atoms with E-state index in [1.54, 1.807) is 36.4 Å². The molecule has 0 atom stereocenters. The molecule has 2 rings (SSSR count). The first-order valence-electron chi connectivity index (χ1n) is 4.45. The van der Waals surface area contributed by atoms with Crippen molar-refractivity contribution in [3.05, 3.63) is 53.9 Å². The van der Waals surface area contributed by atoms with Gasteiger partial charge in [0.25, 0.3) is 0 Å². The minimum atomic E-state index is -0.150. The Balaban J connectivity index is 2.33. The van der Waals surface area contributed by atoms with Gasteiger partial charge in [-0.3, -0.25) is 4.79 Å². The zero-order valence-corrected chi connectivity index (χ0v) is 7.92. The first-order chi connectivity index (χ1) is 7.27. The van der Waals surface area contributed by atoms with E-state index < -0.39 is 0 Å². The van der Waals surface area contributed by atoms with Crippen molar-refractivity contribution in [2.75, 3.05) is 5.73 Å². The van der Waals surface area contributed by atoms with Crippen molar-refractivity contribution < 1.29 is 4.79 Å². The number of nitrogens with two attached hydrogens (primary N) is 1. The molecular weight excluding hydrogens is 190 g/mol.